The van der Waals surface area contributed by atoms with Gasteiger partial charge in [0.15, 0.2) is 0 Å². The molecule has 0 fully saturated rings. The van der Waals surface area contributed by atoms with Gasteiger partial charge in [0.1, 0.15) is 0 Å². The lowest BCUT2D eigenvalue weighted by molar-refractivity contribution is 0.435. The summed E-state index contributed by atoms with van der Waals surface area (Å²) >= 11 is 0. The van der Waals surface area contributed by atoms with Gasteiger partial charge in [-0.3, -0.25) is 0 Å². The van der Waals surface area contributed by atoms with Crippen LogP contribution in [0.1, 0.15) is 26.2 Å². The largest absolute Gasteiger partial charge is 0.325 e. The third kappa shape index (κ3) is 6.10. The van der Waals surface area contributed by atoms with Crippen LogP contribution in [0.5, 0.6) is 0 Å². The Kier molecular flexibility index (Phi) is 9.00. The van der Waals surface area contributed by atoms with Gasteiger partial charge >= 0.3 is 0 Å². The Bertz CT molecular complexity index is 141. The number of nitrogens with one attached hydrogen (secondary N) is 3. The predicted molar refractivity (Wildman–Crippen MR) is 66.6 cm³/mol. The summed E-state index contributed by atoms with van der Waals surface area (Å²) in [5.74, 6) is 0. The van der Waals surface area contributed by atoms with Crippen molar-refractivity contribution in [3.63, 3.8) is 0 Å². The van der Waals surface area contributed by atoms with Crippen LogP contribution in [-0.4, -0.2) is 39.8 Å². The summed E-state index contributed by atoms with van der Waals surface area (Å²) in [6.07, 6.45) is 3.39. The zero-order chi connectivity index (χ0) is 11.7. The van der Waals surface area contributed by atoms with E-state index in [-0.39, 0.29) is 6.04 Å². The fourth-order valence-electron chi connectivity index (χ4n) is 1.74. The van der Waals surface area contributed by atoms with Crippen LogP contribution in [0.15, 0.2) is 0 Å². The summed E-state index contributed by atoms with van der Waals surface area (Å²) in [7, 11) is 5.88. The molecule has 0 aromatic carbocycles. The summed E-state index contributed by atoms with van der Waals surface area (Å²) < 4.78 is 0. The van der Waals surface area contributed by atoms with E-state index in [9.17, 15) is 0 Å². The van der Waals surface area contributed by atoms with E-state index < -0.39 is 0 Å². The summed E-state index contributed by atoms with van der Waals surface area (Å²) in [5, 5.41) is 9.65. The molecule has 91 valence electrons. The molecule has 0 spiro atoms. The zero-order valence-electron chi connectivity index (χ0n) is 10.6. The summed E-state index contributed by atoms with van der Waals surface area (Å²) in [6, 6.07) is 1.84. The number of likely N-dealkylation sites (N-methyl/N-ethyl adjacent to an activating group) is 2. The predicted octanol–water partition coefficient (Wildman–Crippen LogP) is 0.0627. The van der Waals surface area contributed by atoms with Gasteiger partial charge in [0, 0.05) is 18.6 Å². The highest BCUT2D eigenvalue weighted by molar-refractivity contribution is 4.99. The molecule has 0 heterocycles. The van der Waals surface area contributed by atoms with Crippen LogP contribution in [0.3, 0.4) is 0 Å². The lowest BCUT2D eigenvalue weighted by Crippen LogP contribution is -2.45. The molecule has 0 aliphatic heterocycles. The minimum absolute atomic E-state index is 0.0905. The molecule has 0 aliphatic carbocycles. The maximum Gasteiger partial charge on any atom is 0.0558 e. The normalized spacial score (nSPS) is 15.6. The number of nitrogens with two attached hydrogens (primary N) is 1. The molecule has 0 saturated carbocycles. The molecule has 4 nitrogen and oxygen atoms in total. The van der Waals surface area contributed by atoms with E-state index in [0.717, 1.165) is 13.0 Å². The molecule has 0 amide bonds. The van der Waals surface area contributed by atoms with E-state index >= 15 is 0 Å². The molecule has 0 aliphatic rings. The maximum absolute atomic E-state index is 6.05. The fourth-order valence-corrected chi connectivity index (χ4v) is 1.74. The van der Waals surface area contributed by atoms with Gasteiger partial charge in [-0.25, -0.2) is 0 Å². The molecule has 0 rings (SSSR count). The van der Waals surface area contributed by atoms with Crippen LogP contribution >= 0.6 is 0 Å². The quantitative estimate of drug-likeness (QED) is 0.439. The van der Waals surface area contributed by atoms with Crippen molar-refractivity contribution in [3.8, 4) is 0 Å². The fraction of sp³-hybridized carbons (Fsp3) is 0.909. The smallest absolute Gasteiger partial charge is 0.0558 e. The molecule has 1 radical (unpaired) electrons. The Morgan fingerprint density at radius 2 is 1.93 bits per heavy atom. The van der Waals surface area contributed by atoms with Gasteiger partial charge < -0.3 is 21.7 Å². The Morgan fingerprint density at radius 3 is 2.33 bits per heavy atom. The molecular weight excluding hydrogens is 188 g/mol. The summed E-state index contributed by atoms with van der Waals surface area (Å²) in [5.41, 5.74) is 6.05. The molecule has 0 saturated heterocycles. The molecule has 4 heteroatoms. The van der Waals surface area contributed by atoms with Crippen molar-refractivity contribution < 1.29 is 0 Å². The van der Waals surface area contributed by atoms with E-state index in [2.05, 4.69) is 22.9 Å². The van der Waals surface area contributed by atoms with Gasteiger partial charge in [0.2, 0.25) is 0 Å². The van der Waals surface area contributed by atoms with Crippen molar-refractivity contribution in [2.24, 2.45) is 5.73 Å². The molecule has 2 unspecified atom stereocenters. The minimum Gasteiger partial charge on any atom is -0.325 e. The highest BCUT2D eigenvalue weighted by Crippen LogP contribution is 2.12. The standard InChI is InChI=1S/C11H27N4/c1-5-6-9(14-3)7-11(15-4)10(12)8-13-2/h9-10,13-15H,5-8,12H2,1-4H3. The molecular formula is C11H27N4. The number of hydrogen-bond acceptors (Lipinski definition) is 4. The first-order valence-electron chi connectivity index (χ1n) is 5.80. The lowest BCUT2D eigenvalue weighted by atomic mass is 9.98. The average Bonchev–Trinajstić information content (AvgIpc) is 2.24. The first-order chi connectivity index (χ1) is 7.19. The molecule has 0 bridgehead atoms. The van der Waals surface area contributed by atoms with Crippen molar-refractivity contribution in [3.05, 3.63) is 6.04 Å². The highest BCUT2D eigenvalue weighted by atomic mass is 15.0. The van der Waals surface area contributed by atoms with E-state index in [0.29, 0.717) is 6.04 Å². The third-order valence-electron chi connectivity index (χ3n) is 2.70. The van der Waals surface area contributed by atoms with Gasteiger partial charge in [-0.05, 0) is 34.0 Å². The van der Waals surface area contributed by atoms with Gasteiger partial charge in [-0.15, -0.1) is 0 Å². The van der Waals surface area contributed by atoms with Crippen LogP contribution in [0, 0.1) is 6.04 Å². The molecule has 2 atom stereocenters. The Labute approximate surface area is 94.4 Å². The third-order valence-corrected chi connectivity index (χ3v) is 2.70. The molecule has 0 aromatic heterocycles. The second-order valence-corrected chi connectivity index (χ2v) is 3.92. The van der Waals surface area contributed by atoms with Crippen LogP contribution in [0.2, 0.25) is 0 Å². The zero-order valence-corrected chi connectivity index (χ0v) is 10.6. The van der Waals surface area contributed by atoms with Crippen molar-refractivity contribution in [1.29, 1.82) is 0 Å². The molecule has 5 N–H and O–H groups in total. The van der Waals surface area contributed by atoms with Crippen molar-refractivity contribution in [1.82, 2.24) is 16.0 Å². The number of hydrogen-bond donors (Lipinski definition) is 4. The van der Waals surface area contributed by atoms with E-state index in [1.807, 2.05) is 21.1 Å². The topological polar surface area (TPSA) is 62.1 Å². The summed E-state index contributed by atoms with van der Waals surface area (Å²) in [4.78, 5) is 0. The van der Waals surface area contributed by atoms with Gasteiger partial charge in [-0.2, -0.15) is 0 Å². The average molecular weight is 215 g/mol. The minimum atomic E-state index is 0.0905. The highest BCUT2D eigenvalue weighted by Gasteiger charge is 2.19. The molecule has 0 aromatic rings. The second kappa shape index (κ2) is 9.09. The first-order valence-corrected chi connectivity index (χ1v) is 5.80. The maximum atomic E-state index is 6.05. The van der Waals surface area contributed by atoms with Gasteiger partial charge in [-0.1, -0.05) is 13.3 Å². The van der Waals surface area contributed by atoms with Crippen LogP contribution in [0.25, 0.3) is 0 Å². The van der Waals surface area contributed by atoms with Crippen LogP contribution < -0.4 is 21.7 Å². The molecule has 15 heavy (non-hydrogen) atoms. The second-order valence-electron chi connectivity index (χ2n) is 3.92. The van der Waals surface area contributed by atoms with E-state index in [1.54, 1.807) is 0 Å². The Morgan fingerprint density at radius 1 is 1.27 bits per heavy atom. The summed E-state index contributed by atoms with van der Waals surface area (Å²) in [6.45, 7) is 3.02. The Balaban J connectivity index is 4.04. The first kappa shape index (κ1) is 14.8. The van der Waals surface area contributed by atoms with Crippen molar-refractivity contribution in [2.45, 2.75) is 38.3 Å². The monoisotopic (exact) mass is 215 g/mol. The van der Waals surface area contributed by atoms with E-state index in [1.165, 1.54) is 18.9 Å². The Hall–Kier alpha value is -0.160. The van der Waals surface area contributed by atoms with Crippen LogP contribution in [-0.2, 0) is 0 Å². The van der Waals surface area contributed by atoms with Crippen molar-refractivity contribution >= 4 is 0 Å². The van der Waals surface area contributed by atoms with Gasteiger partial charge in [0.25, 0.3) is 0 Å². The lowest BCUT2D eigenvalue weighted by Gasteiger charge is -2.26. The van der Waals surface area contributed by atoms with Crippen LogP contribution in [0.4, 0.5) is 0 Å². The SMILES string of the molecule is CCCC(C[C](NC)C(N)CNC)NC. The van der Waals surface area contributed by atoms with Gasteiger partial charge in [0.05, 0.1) is 6.04 Å². The van der Waals surface area contributed by atoms with E-state index in [4.69, 9.17) is 5.73 Å². The van der Waals surface area contributed by atoms with Crippen molar-refractivity contribution in [2.75, 3.05) is 27.7 Å². The number of rotatable bonds is 9.